The molecule has 168 valence electrons. The van der Waals surface area contributed by atoms with Crippen molar-refractivity contribution in [2.24, 2.45) is 0 Å². The van der Waals surface area contributed by atoms with Crippen molar-refractivity contribution in [3.8, 4) is 11.5 Å². The molecule has 0 spiro atoms. The summed E-state index contributed by atoms with van der Waals surface area (Å²) < 4.78 is 13.6. The summed E-state index contributed by atoms with van der Waals surface area (Å²) in [6, 6.07) is 23.1. The minimum atomic E-state index is -0.0323. The van der Waals surface area contributed by atoms with Crippen molar-refractivity contribution in [1.82, 2.24) is 9.55 Å². The molecule has 1 aliphatic heterocycles. The number of carbonyl (C=O) groups excluding carboxylic acids is 1. The van der Waals surface area contributed by atoms with Crippen LogP contribution in [0.1, 0.15) is 18.2 Å². The fraction of sp³-hybridized carbons (Fsp3) is 0.231. The highest BCUT2D eigenvalue weighted by atomic mass is 35.5. The number of ether oxygens (including phenoxy) is 2. The number of para-hydroxylation sites is 5. The average molecular weight is 462 g/mol. The molecule has 6 nitrogen and oxygen atoms in total. The van der Waals surface area contributed by atoms with Gasteiger partial charge in [0, 0.05) is 18.9 Å². The molecule has 0 saturated carbocycles. The van der Waals surface area contributed by atoms with Crippen LogP contribution < -0.4 is 14.4 Å². The van der Waals surface area contributed by atoms with Gasteiger partial charge >= 0.3 is 0 Å². The number of fused-ring (bicyclic) bond motifs is 1. The molecule has 4 aromatic rings. The number of aromatic nitrogens is 2. The van der Waals surface area contributed by atoms with E-state index in [1.807, 2.05) is 66.7 Å². The molecule has 1 atom stereocenters. The Morgan fingerprint density at radius 3 is 2.55 bits per heavy atom. The van der Waals surface area contributed by atoms with E-state index in [0.29, 0.717) is 42.6 Å². The predicted molar refractivity (Wildman–Crippen MR) is 129 cm³/mol. The van der Waals surface area contributed by atoms with Gasteiger partial charge in [-0.3, -0.25) is 4.79 Å². The van der Waals surface area contributed by atoms with Crippen LogP contribution >= 0.6 is 11.6 Å². The zero-order valence-corrected chi connectivity index (χ0v) is 19.0. The Morgan fingerprint density at radius 1 is 1.00 bits per heavy atom. The number of amides is 1. The summed E-state index contributed by atoms with van der Waals surface area (Å²) in [5.41, 5.74) is 2.73. The third-order valence-electron chi connectivity index (χ3n) is 5.96. The summed E-state index contributed by atoms with van der Waals surface area (Å²) in [5, 5.41) is 0.585. The van der Waals surface area contributed by atoms with Crippen LogP contribution in [0, 0.1) is 0 Å². The zero-order chi connectivity index (χ0) is 22.8. The van der Waals surface area contributed by atoms with Crippen LogP contribution in [0.4, 0.5) is 5.69 Å². The second-order valence-corrected chi connectivity index (χ2v) is 8.37. The van der Waals surface area contributed by atoms with Crippen LogP contribution in [-0.4, -0.2) is 35.7 Å². The normalized spacial score (nSPS) is 15.9. The Balaban J connectivity index is 1.42. The first-order chi connectivity index (χ1) is 16.2. The van der Waals surface area contributed by atoms with Crippen molar-refractivity contribution in [2.45, 2.75) is 18.9 Å². The number of carbonyl (C=O) groups is 1. The number of rotatable bonds is 7. The SMILES string of the molecule is COc1ccccc1N1CC(c2nc3ccccc3n2CCOc2ccccc2Cl)CC1=O. The Labute approximate surface area is 197 Å². The summed E-state index contributed by atoms with van der Waals surface area (Å²) in [4.78, 5) is 19.7. The van der Waals surface area contributed by atoms with E-state index in [-0.39, 0.29) is 11.8 Å². The van der Waals surface area contributed by atoms with Gasteiger partial charge in [0.2, 0.25) is 5.91 Å². The van der Waals surface area contributed by atoms with Gasteiger partial charge in [-0.25, -0.2) is 4.98 Å². The smallest absolute Gasteiger partial charge is 0.227 e. The van der Waals surface area contributed by atoms with Crippen molar-refractivity contribution in [2.75, 3.05) is 25.2 Å². The molecule has 7 heteroatoms. The Bertz CT molecular complexity index is 1300. The summed E-state index contributed by atoms with van der Waals surface area (Å²) in [5.74, 6) is 2.27. The lowest BCUT2D eigenvalue weighted by atomic mass is 10.1. The number of methoxy groups -OCH3 is 1. The molecule has 0 aliphatic carbocycles. The highest BCUT2D eigenvalue weighted by Crippen LogP contribution is 2.37. The van der Waals surface area contributed by atoms with Crippen molar-refractivity contribution in [1.29, 1.82) is 0 Å². The van der Waals surface area contributed by atoms with E-state index in [9.17, 15) is 4.79 Å². The van der Waals surface area contributed by atoms with Gasteiger partial charge in [-0.15, -0.1) is 0 Å². The van der Waals surface area contributed by atoms with E-state index in [4.69, 9.17) is 26.1 Å². The quantitative estimate of drug-likeness (QED) is 0.375. The molecule has 0 bridgehead atoms. The molecule has 1 fully saturated rings. The van der Waals surface area contributed by atoms with E-state index in [0.717, 1.165) is 22.5 Å². The molecule has 3 aromatic carbocycles. The lowest BCUT2D eigenvalue weighted by molar-refractivity contribution is -0.117. The molecule has 0 N–H and O–H groups in total. The standard InChI is InChI=1S/C26H24ClN3O3/c1-32-24-13-7-5-11-22(24)30-17-18(16-25(30)31)26-28-20-9-3-4-10-21(20)29(26)14-15-33-23-12-6-2-8-19(23)27/h2-13,18H,14-17H2,1H3. The van der Waals surface area contributed by atoms with Crippen LogP contribution in [0.2, 0.25) is 5.02 Å². The van der Waals surface area contributed by atoms with E-state index in [1.165, 1.54) is 0 Å². The zero-order valence-electron chi connectivity index (χ0n) is 18.3. The molecule has 2 heterocycles. The van der Waals surface area contributed by atoms with Crippen LogP contribution in [-0.2, 0) is 11.3 Å². The second kappa shape index (κ2) is 9.16. The van der Waals surface area contributed by atoms with Crippen LogP contribution in [0.3, 0.4) is 0 Å². The summed E-state index contributed by atoms with van der Waals surface area (Å²) in [6.07, 6.45) is 0.396. The van der Waals surface area contributed by atoms with Crippen molar-refractivity contribution >= 4 is 34.2 Å². The summed E-state index contributed by atoms with van der Waals surface area (Å²) >= 11 is 6.23. The molecule has 1 aromatic heterocycles. The van der Waals surface area contributed by atoms with Gasteiger partial charge in [0.15, 0.2) is 0 Å². The molecule has 5 rings (SSSR count). The fourth-order valence-electron chi connectivity index (χ4n) is 4.42. The van der Waals surface area contributed by atoms with Crippen LogP contribution in [0.5, 0.6) is 11.5 Å². The minimum absolute atomic E-state index is 0.0323. The van der Waals surface area contributed by atoms with Gasteiger partial charge in [-0.1, -0.05) is 48.0 Å². The van der Waals surface area contributed by atoms with Gasteiger partial charge in [0.1, 0.15) is 23.9 Å². The van der Waals surface area contributed by atoms with E-state index in [1.54, 1.807) is 12.0 Å². The molecule has 1 aliphatic rings. The predicted octanol–water partition coefficient (Wildman–Crippen LogP) is 5.30. The van der Waals surface area contributed by atoms with E-state index < -0.39 is 0 Å². The van der Waals surface area contributed by atoms with Crippen LogP contribution in [0.25, 0.3) is 11.0 Å². The third-order valence-corrected chi connectivity index (χ3v) is 6.27. The maximum Gasteiger partial charge on any atom is 0.227 e. The van der Waals surface area contributed by atoms with Gasteiger partial charge in [0.05, 0.1) is 35.4 Å². The van der Waals surface area contributed by atoms with E-state index >= 15 is 0 Å². The van der Waals surface area contributed by atoms with Gasteiger partial charge in [-0.05, 0) is 36.4 Å². The maximum atomic E-state index is 13.0. The maximum absolute atomic E-state index is 13.0. The Morgan fingerprint density at radius 2 is 1.73 bits per heavy atom. The lowest BCUT2D eigenvalue weighted by Gasteiger charge is -2.20. The third kappa shape index (κ3) is 4.14. The molecule has 1 unspecified atom stereocenters. The first kappa shape index (κ1) is 21.3. The van der Waals surface area contributed by atoms with Crippen molar-refractivity contribution in [3.63, 3.8) is 0 Å². The largest absolute Gasteiger partial charge is 0.495 e. The number of hydrogen-bond acceptors (Lipinski definition) is 4. The highest BCUT2D eigenvalue weighted by molar-refractivity contribution is 6.32. The summed E-state index contributed by atoms with van der Waals surface area (Å²) in [6.45, 7) is 1.59. The Hall–Kier alpha value is -3.51. The number of nitrogens with zero attached hydrogens (tertiary/aromatic N) is 3. The number of anilines is 1. The Kier molecular flexibility index (Phi) is 5.92. The fourth-order valence-corrected chi connectivity index (χ4v) is 4.61. The number of hydrogen-bond donors (Lipinski definition) is 0. The topological polar surface area (TPSA) is 56.6 Å². The van der Waals surface area contributed by atoms with Gasteiger partial charge < -0.3 is 18.9 Å². The molecule has 33 heavy (non-hydrogen) atoms. The average Bonchev–Trinajstić information content (AvgIpc) is 3.41. The van der Waals surface area contributed by atoms with Crippen molar-refractivity contribution in [3.05, 3.63) is 83.6 Å². The molecule has 1 amide bonds. The van der Waals surface area contributed by atoms with Crippen molar-refractivity contribution < 1.29 is 14.3 Å². The van der Waals surface area contributed by atoms with Gasteiger partial charge in [0.25, 0.3) is 0 Å². The van der Waals surface area contributed by atoms with Crippen LogP contribution in [0.15, 0.2) is 72.8 Å². The number of benzene rings is 3. The first-order valence-electron chi connectivity index (χ1n) is 10.9. The van der Waals surface area contributed by atoms with E-state index in [2.05, 4.69) is 10.6 Å². The molecular formula is C26H24ClN3O3. The second-order valence-electron chi connectivity index (χ2n) is 7.97. The molecule has 0 radical (unpaired) electrons. The highest BCUT2D eigenvalue weighted by Gasteiger charge is 2.35. The lowest BCUT2D eigenvalue weighted by Crippen LogP contribution is -2.25. The molecular weight excluding hydrogens is 438 g/mol. The van der Waals surface area contributed by atoms with Gasteiger partial charge in [-0.2, -0.15) is 0 Å². The monoisotopic (exact) mass is 461 g/mol. The molecule has 1 saturated heterocycles. The summed E-state index contributed by atoms with van der Waals surface area (Å²) in [7, 11) is 1.62. The number of halogens is 1. The number of imidazole rings is 1. The first-order valence-corrected chi connectivity index (χ1v) is 11.3. The minimum Gasteiger partial charge on any atom is -0.495 e.